The van der Waals surface area contributed by atoms with Crippen molar-refractivity contribution in [3.05, 3.63) is 17.8 Å². The molecular formula is C13H19ClFN3. The molecule has 5 heteroatoms. The quantitative estimate of drug-likeness (QED) is 0.771. The lowest BCUT2D eigenvalue weighted by Crippen LogP contribution is -2.36. The van der Waals surface area contributed by atoms with Crippen LogP contribution in [0.25, 0.3) is 0 Å². The second kappa shape index (κ2) is 6.32. The minimum Gasteiger partial charge on any atom is -0.350 e. The molecule has 1 heterocycles. The molecule has 0 aliphatic heterocycles. The molecular weight excluding hydrogens is 253 g/mol. The highest BCUT2D eigenvalue weighted by molar-refractivity contribution is 6.18. The summed E-state index contributed by atoms with van der Waals surface area (Å²) in [4.78, 5) is 10.1. The van der Waals surface area contributed by atoms with Crippen LogP contribution in [0.5, 0.6) is 0 Å². The van der Waals surface area contributed by atoms with Crippen molar-refractivity contribution in [1.82, 2.24) is 9.97 Å². The second-order valence-corrected chi connectivity index (χ2v) is 5.01. The predicted molar refractivity (Wildman–Crippen MR) is 71.7 cm³/mol. The van der Waals surface area contributed by atoms with Crippen LogP contribution in [0.1, 0.15) is 38.3 Å². The van der Waals surface area contributed by atoms with Crippen molar-refractivity contribution >= 4 is 17.4 Å². The highest BCUT2D eigenvalue weighted by Gasteiger charge is 2.26. The zero-order chi connectivity index (χ0) is 13.0. The lowest BCUT2D eigenvalue weighted by atomic mass is 10.2. The standard InChI is InChI=1S/C13H19ClFN3/c1-2-11-12(15)13(17-9-16-11)18(8-7-14)10-5-3-4-6-10/h9-10H,2-8H2,1H3. The van der Waals surface area contributed by atoms with Crippen molar-refractivity contribution in [2.75, 3.05) is 17.3 Å². The number of rotatable bonds is 5. The largest absolute Gasteiger partial charge is 0.350 e. The molecule has 1 fully saturated rings. The van der Waals surface area contributed by atoms with E-state index in [1.54, 1.807) is 0 Å². The number of aryl methyl sites for hydroxylation is 1. The van der Waals surface area contributed by atoms with Crippen molar-refractivity contribution < 1.29 is 4.39 Å². The SMILES string of the molecule is CCc1ncnc(N(CCCl)C2CCCC2)c1F. The lowest BCUT2D eigenvalue weighted by molar-refractivity contribution is 0.554. The summed E-state index contributed by atoms with van der Waals surface area (Å²) in [6.07, 6.45) is 6.64. The van der Waals surface area contributed by atoms with Crippen molar-refractivity contribution in [3.63, 3.8) is 0 Å². The topological polar surface area (TPSA) is 29.0 Å². The Morgan fingerprint density at radius 3 is 2.72 bits per heavy atom. The van der Waals surface area contributed by atoms with Crippen molar-refractivity contribution in [3.8, 4) is 0 Å². The molecule has 100 valence electrons. The first kappa shape index (κ1) is 13.5. The Kier molecular flexibility index (Phi) is 4.75. The summed E-state index contributed by atoms with van der Waals surface area (Å²) in [5, 5.41) is 0. The average molecular weight is 272 g/mol. The van der Waals surface area contributed by atoms with Crippen LogP contribution in [0.4, 0.5) is 10.2 Å². The van der Waals surface area contributed by atoms with Gasteiger partial charge in [-0.3, -0.25) is 0 Å². The zero-order valence-corrected chi connectivity index (χ0v) is 11.5. The van der Waals surface area contributed by atoms with Crippen LogP contribution in [-0.4, -0.2) is 28.4 Å². The fourth-order valence-electron chi connectivity index (χ4n) is 2.61. The molecule has 1 saturated carbocycles. The first-order valence-electron chi connectivity index (χ1n) is 6.60. The van der Waals surface area contributed by atoms with Crippen molar-refractivity contribution in [2.45, 2.75) is 45.1 Å². The van der Waals surface area contributed by atoms with E-state index in [2.05, 4.69) is 9.97 Å². The Morgan fingerprint density at radius 2 is 2.11 bits per heavy atom. The normalized spacial score (nSPS) is 16.2. The van der Waals surface area contributed by atoms with Crippen LogP contribution in [0.15, 0.2) is 6.33 Å². The molecule has 18 heavy (non-hydrogen) atoms. The molecule has 2 rings (SSSR count). The molecule has 1 aromatic heterocycles. The number of anilines is 1. The Labute approximate surface area is 112 Å². The van der Waals surface area contributed by atoms with Gasteiger partial charge in [0.2, 0.25) is 0 Å². The fourth-order valence-corrected chi connectivity index (χ4v) is 2.79. The van der Waals surface area contributed by atoms with E-state index in [0.29, 0.717) is 36.4 Å². The summed E-state index contributed by atoms with van der Waals surface area (Å²) < 4.78 is 14.3. The molecule has 0 saturated heterocycles. The number of aromatic nitrogens is 2. The molecule has 1 aliphatic rings. The molecule has 1 aromatic rings. The van der Waals surface area contributed by atoms with Gasteiger partial charge in [-0.2, -0.15) is 0 Å². The van der Waals surface area contributed by atoms with Gasteiger partial charge in [0.1, 0.15) is 6.33 Å². The Hall–Kier alpha value is -0.900. The zero-order valence-electron chi connectivity index (χ0n) is 10.7. The van der Waals surface area contributed by atoms with Gasteiger partial charge in [0, 0.05) is 18.5 Å². The maximum absolute atomic E-state index is 14.3. The highest BCUT2D eigenvalue weighted by atomic mass is 35.5. The molecule has 0 radical (unpaired) electrons. The van der Waals surface area contributed by atoms with Gasteiger partial charge < -0.3 is 4.90 Å². The van der Waals surface area contributed by atoms with Crippen molar-refractivity contribution in [1.29, 1.82) is 0 Å². The van der Waals surface area contributed by atoms with E-state index >= 15 is 0 Å². The number of hydrogen-bond donors (Lipinski definition) is 0. The van der Waals surface area contributed by atoms with Crippen molar-refractivity contribution in [2.24, 2.45) is 0 Å². The van der Waals surface area contributed by atoms with E-state index in [0.717, 1.165) is 12.8 Å². The molecule has 1 aliphatic carbocycles. The Bertz CT molecular complexity index is 394. The van der Waals surface area contributed by atoms with Gasteiger partial charge in [-0.1, -0.05) is 19.8 Å². The summed E-state index contributed by atoms with van der Waals surface area (Å²) in [5.74, 6) is 0.632. The van der Waals surface area contributed by atoms with Crippen LogP contribution in [0.3, 0.4) is 0 Å². The third-order valence-electron chi connectivity index (χ3n) is 3.54. The van der Waals surface area contributed by atoms with E-state index in [1.807, 2.05) is 11.8 Å². The maximum atomic E-state index is 14.3. The van der Waals surface area contributed by atoms with E-state index in [1.165, 1.54) is 19.2 Å². The van der Waals surface area contributed by atoms with E-state index in [4.69, 9.17) is 11.6 Å². The molecule has 0 atom stereocenters. The minimum absolute atomic E-state index is 0.281. The molecule has 0 N–H and O–H groups in total. The molecule has 0 aromatic carbocycles. The molecule has 3 nitrogen and oxygen atoms in total. The minimum atomic E-state index is -0.281. The lowest BCUT2D eigenvalue weighted by Gasteiger charge is -2.29. The number of nitrogens with zero attached hydrogens (tertiary/aromatic N) is 3. The van der Waals surface area contributed by atoms with E-state index < -0.39 is 0 Å². The number of halogens is 2. The summed E-state index contributed by atoms with van der Waals surface area (Å²) in [6, 6.07) is 0.373. The van der Waals surface area contributed by atoms with Crippen LogP contribution >= 0.6 is 11.6 Å². The smallest absolute Gasteiger partial charge is 0.187 e. The molecule has 0 unspecified atom stereocenters. The van der Waals surface area contributed by atoms with Gasteiger partial charge in [0.25, 0.3) is 0 Å². The first-order valence-corrected chi connectivity index (χ1v) is 7.13. The Morgan fingerprint density at radius 1 is 1.39 bits per heavy atom. The van der Waals surface area contributed by atoms with Gasteiger partial charge in [-0.15, -0.1) is 11.6 Å². The van der Waals surface area contributed by atoms with Gasteiger partial charge in [0.15, 0.2) is 11.6 Å². The summed E-state index contributed by atoms with van der Waals surface area (Å²) in [7, 11) is 0. The van der Waals surface area contributed by atoms with Gasteiger partial charge in [-0.05, 0) is 19.3 Å². The highest BCUT2D eigenvalue weighted by Crippen LogP contribution is 2.29. The third kappa shape index (κ3) is 2.74. The van der Waals surface area contributed by atoms with E-state index in [9.17, 15) is 4.39 Å². The third-order valence-corrected chi connectivity index (χ3v) is 3.71. The van der Waals surface area contributed by atoms with Crippen LogP contribution < -0.4 is 4.90 Å². The maximum Gasteiger partial charge on any atom is 0.187 e. The summed E-state index contributed by atoms with van der Waals surface area (Å²) >= 11 is 5.84. The Balaban J connectivity index is 2.29. The van der Waals surface area contributed by atoms with Crippen LogP contribution in [0.2, 0.25) is 0 Å². The summed E-state index contributed by atoms with van der Waals surface area (Å²) in [6.45, 7) is 2.54. The molecule has 0 amide bonds. The molecule has 0 spiro atoms. The predicted octanol–water partition coefficient (Wildman–Crippen LogP) is 3.17. The number of alkyl halides is 1. The summed E-state index contributed by atoms with van der Waals surface area (Å²) in [5.41, 5.74) is 0.484. The number of hydrogen-bond acceptors (Lipinski definition) is 3. The molecule has 0 bridgehead atoms. The fraction of sp³-hybridized carbons (Fsp3) is 0.692. The van der Waals surface area contributed by atoms with E-state index in [-0.39, 0.29) is 5.82 Å². The van der Waals surface area contributed by atoms with Gasteiger partial charge in [0.05, 0.1) is 5.69 Å². The average Bonchev–Trinajstić information content (AvgIpc) is 2.90. The van der Waals surface area contributed by atoms with Crippen LogP contribution in [0, 0.1) is 5.82 Å². The van der Waals surface area contributed by atoms with Crippen LogP contribution in [-0.2, 0) is 6.42 Å². The monoisotopic (exact) mass is 271 g/mol. The van der Waals surface area contributed by atoms with Gasteiger partial charge >= 0.3 is 0 Å². The second-order valence-electron chi connectivity index (χ2n) is 4.63. The van der Waals surface area contributed by atoms with Gasteiger partial charge in [-0.25, -0.2) is 14.4 Å². The first-order chi connectivity index (χ1) is 8.77.